The van der Waals surface area contributed by atoms with Crippen LogP contribution in [-0.4, -0.2) is 48.0 Å². The second kappa shape index (κ2) is 10.8. The van der Waals surface area contributed by atoms with Crippen LogP contribution in [0.4, 0.5) is 24.7 Å². The molecule has 1 aromatic heterocycles. The van der Waals surface area contributed by atoms with Crippen LogP contribution in [0.3, 0.4) is 0 Å². The number of likely N-dealkylation sites (tertiary alicyclic amines) is 1. The second-order valence-electron chi connectivity index (χ2n) is 9.17. The van der Waals surface area contributed by atoms with Crippen molar-refractivity contribution in [2.24, 2.45) is 5.92 Å². The minimum absolute atomic E-state index is 0.102. The zero-order valence-corrected chi connectivity index (χ0v) is 19.8. The number of piperidine rings is 2. The molecule has 0 atom stereocenters. The highest BCUT2D eigenvalue weighted by Crippen LogP contribution is 2.30. The van der Waals surface area contributed by atoms with Gasteiger partial charge in [0.25, 0.3) is 0 Å². The number of amides is 1. The van der Waals surface area contributed by atoms with Crippen molar-refractivity contribution < 1.29 is 18.0 Å². The molecule has 2 aliphatic rings. The predicted octanol–water partition coefficient (Wildman–Crippen LogP) is 5.85. The number of hydrogen-bond donors (Lipinski definition) is 1. The Kier molecular flexibility index (Phi) is 7.86. The van der Waals surface area contributed by atoms with E-state index in [1.54, 1.807) is 0 Å². The normalized spacial score (nSPS) is 18.2. The minimum Gasteiger partial charge on any atom is -0.372 e. The lowest BCUT2D eigenvalue weighted by Crippen LogP contribution is -2.42. The van der Waals surface area contributed by atoms with E-state index in [0.717, 1.165) is 62.5 Å². The number of carbonyl (C=O) groups excluding carboxylic acids is 1. The van der Waals surface area contributed by atoms with Gasteiger partial charge in [0, 0.05) is 55.5 Å². The maximum absolute atomic E-state index is 12.7. The van der Waals surface area contributed by atoms with E-state index in [0.29, 0.717) is 31.2 Å². The number of rotatable bonds is 6. The average Bonchev–Trinajstić information content (AvgIpc) is 2.84. The van der Waals surface area contributed by atoms with Crippen LogP contribution >= 0.6 is 11.6 Å². The largest absolute Gasteiger partial charge is 0.417 e. The first-order valence-electron chi connectivity index (χ1n) is 11.9. The van der Waals surface area contributed by atoms with E-state index in [-0.39, 0.29) is 11.9 Å². The second-order valence-corrected chi connectivity index (χ2v) is 9.61. The van der Waals surface area contributed by atoms with E-state index in [4.69, 9.17) is 11.6 Å². The van der Waals surface area contributed by atoms with E-state index in [1.807, 2.05) is 17.0 Å². The highest BCUT2D eigenvalue weighted by molar-refractivity contribution is 6.30. The van der Waals surface area contributed by atoms with Gasteiger partial charge >= 0.3 is 6.18 Å². The topological polar surface area (TPSA) is 48.5 Å². The number of alkyl halides is 3. The van der Waals surface area contributed by atoms with Crippen LogP contribution in [0.1, 0.15) is 44.1 Å². The number of pyridine rings is 1. The number of anilines is 2. The summed E-state index contributed by atoms with van der Waals surface area (Å²) >= 11 is 5.98. The zero-order chi connectivity index (χ0) is 24.1. The SMILES string of the molecule is O=C(CCC1CCN(c2ccc(Cl)cc2)CC1)N1CCC(Nc2ccc(C(F)(F)F)cn2)CC1. The standard InChI is InChI=1S/C25H30ClF3N4O/c26-20-3-5-22(6-4-20)32-13-9-18(10-14-32)1-8-24(34)33-15-11-21(12-16-33)31-23-7-2-19(17-30-23)25(27,28)29/h2-7,17-18,21H,1,8-16H2,(H,30,31). The number of carbonyl (C=O) groups is 1. The fraction of sp³-hybridized carbons (Fsp3) is 0.520. The van der Waals surface area contributed by atoms with Gasteiger partial charge in [-0.25, -0.2) is 4.98 Å². The molecular formula is C25H30ClF3N4O. The van der Waals surface area contributed by atoms with Gasteiger partial charge in [0.15, 0.2) is 0 Å². The minimum atomic E-state index is -4.38. The fourth-order valence-electron chi connectivity index (χ4n) is 4.75. The molecule has 2 fully saturated rings. The van der Waals surface area contributed by atoms with Crippen molar-refractivity contribution >= 4 is 29.0 Å². The summed E-state index contributed by atoms with van der Waals surface area (Å²) in [6.45, 7) is 3.31. The van der Waals surface area contributed by atoms with Crippen LogP contribution in [0.25, 0.3) is 0 Å². The van der Waals surface area contributed by atoms with Crippen LogP contribution < -0.4 is 10.2 Å². The molecular weight excluding hydrogens is 465 g/mol. The lowest BCUT2D eigenvalue weighted by molar-refractivity contribution is -0.137. The molecule has 0 aliphatic carbocycles. The van der Waals surface area contributed by atoms with Gasteiger partial charge in [0.1, 0.15) is 5.82 Å². The Morgan fingerprint density at radius 2 is 1.68 bits per heavy atom. The van der Waals surface area contributed by atoms with Crippen molar-refractivity contribution in [1.29, 1.82) is 0 Å². The summed E-state index contributed by atoms with van der Waals surface area (Å²) in [5, 5.41) is 3.94. The van der Waals surface area contributed by atoms with Crippen molar-refractivity contribution in [2.75, 3.05) is 36.4 Å². The van der Waals surface area contributed by atoms with Crippen LogP contribution in [-0.2, 0) is 11.0 Å². The van der Waals surface area contributed by atoms with E-state index < -0.39 is 11.7 Å². The molecule has 1 amide bonds. The number of nitrogens with one attached hydrogen (secondary N) is 1. The molecule has 3 heterocycles. The number of aromatic nitrogens is 1. The summed E-state index contributed by atoms with van der Waals surface area (Å²) in [5.74, 6) is 1.20. The predicted molar refractivity (Wildman–Crippen MR) is 128 cm³/mol. The third-order valence-electron chi connectivity index (χ3n) is 6.86. The van der Waals surface area contributed by atoms with E-state index in [2.05, 4.69) is 27.3 Å². The molecule has 0 spiro atoms. The molecule has 2 aliphatic heterocycles. The summed E-state index contributed by atoms with van der Waals surface area (Å²) in [6.07, 6.45) is 1.64. The van der Waals surface area contributed by atoms with Crippen molar-refractivity contribution in [3.05, 3.63) is 53.2 Å². The van der Waals surface area contributed by atoms with Crippen LogP contribution in [0.5, 0.6) is 0 Å². The van der Waals surface area contributed by atoms with Crippen molar-refractivity contribution in [2.45, 2.75) is 50.7 Å². The van der Waals surface area contributed by atoms with Crippen molar-refractivity contribution in [3.8, 4) is 0 Å². The van der Waals surface area contributed by atoms with Gasteiger partial charge in [-0.3, -0.25) is 4.79 Å². The van der Waals surface area contributed by atoms with Gasteiger partial charge in [-0.15, -0.1) is 0 Å². The van der Waals surface area contributed by atoms with Crippen LogP contribution in [0, 0.1) is 5.92 Å². The quantitative estimate of drug-likeness (QED) is 0.547. The van der Waals surface area contributed by atoms with Crippen molar-refractivity contribution in [3.63, 3.8) is 0 Å². The monoisotopic (exact) mass is 494 g/mol. The van der Waals surface area contributed by atoms with E-state index >= 15 is 0 Å². The number of benzene rings is 1. The molecule has 4 rings (SSSR count). The molecule has 1 aromatic carbocycles. The van der Waals surface area contributed by atoms with E-state index in [1.165, 1.54) is 11.8 Å². The van der Waals surface area contributed by atoms with Crippen LogP contribution in [0.2, 0.25) is 5.02 Å². The summed E-state index contributed by atoms with van der Waals surface area (Å²) in [7, 11) is 0. The van der Waals surface area contributed by atoms with Gasteiger partial charge in [-0.05, 0) is 74.4 Å². The molecule has 184 valence electrons. The molecule has 2 saturated heterocycles. The molecule has 1 N–H and O–H groups in total. The molecule has 2 aromatic rings. The Balaban J connectivity index is 1.15. The Morgan fingerprint density at radius 1 is 1.00 bits per heavy atom. The number of nitrogens with zero attached hydrogens (tertiary/aromatic N) is 3. The summed E-state index contributed by atoms with van der Waals surface area (Å²) in [5.41, 5.74) is 0.441. The Hall–Kier alpha value is -2.48. The fourth-order valence-corrected chi connectivity index (χ4v) is 4.87. The van der Waals surface area contributed by atoms with Gasteiger partial charge in [-0.1, -0.05) is 11.6 Å². The number of hydrogen-bond acceptors (Lipinski definition) is 4. The van der Waals surface area contributed by atoms with Crippen molar-refractivity contribution in [1.82, 2.24) is 9.88 Å². The first-order chi connectivity index (χ1) is 16.3. The molecule has 0 radical (unpaired) electrons. The Morgan fingerprint density at radius 3 is 2.26 bits per heavy atom. The lowest BCUT2D eigenvalue weighted by atomic mass is 9.91. The summed E-state index contributed by atoms with van der Waals surface area (Å²) in [4.78, 5) is 20.9. The highest BCUT2D eigenvalue weighted by atomic mass is 35.5. The zero-order valence-electron chi connectivity index (χ0n) is 19.0. The lowest BCUT2D eigenvalue weighted by Gasteiger charge is -2.35. The molecule has 0 bridgehead atoms. The highest BCUT2D eigenvalue weighted by Gasteiger charge is 2.31. The van der Waals surface area contributed by atoms with Crippen LogP contribution in [0.15, 0.2) is 42.6 Å². The first kappa shape index (κ1) is 24.6. The van der Waals surface area contributed by atoms with Gasteiger partial charge in [-0.2, -0.15) is 13.2 Å². The molecule has 9 heteroatoms. The van der Waals surface area contributed by atoms with E-state index in [9.17, 15) is 18.0 Å². The van der Waals surface area contributed by atoms with Gasteiger partial charge < -0.3 is 15.1 Å². The molecule has 0 unspecified atom stereocenters. The number of halogens is 4. The molecule has 5 nitrogen and oxygen atoms in total. The third-order valence-corrected chi connectivity index (χ3v) is 7.12. The van der Waals surface area contributed by atoms with Gasteiger partial charge in [0.05, 0.1) is 5.56 Å². The van der Waals surface area contributed by atoms with Gasteiger partial charge in [0.2, 0.25) is 5.91 Å². The summed E-state index contributed by atoms with van der Waals surface area (Å²) < 4.78 is 38.0. The Bertz CT molecular complexity index is 936. The average molecular weight is 495 g/mol. The summed E-state index contributed by atoms with van der Waals surface area (Å²) in [6, 6.07) is 10.4. The Labute approximate surface area is 203 Å². The smallest absolute Gasteiger partial charge is 0.372 e. The first-order valence-corrected chi connectivity index (χ1v) is 12.2. The maximum atomic E-state index is 12.7. The maximum Gasteiger partial charge on any atom is 0.417 e. The molecule has 34 heavy (non-hydrogen) atoms. The third kappa shape index (κ3) is 6.56. The molecule has 0 saturated carbocycles.